The molecule has 214 valence electrons. The van der Waals surface area contributed by atoms with E-state index in [1.807, 2.05) is 36.4 Å². The molecule has 1 aliphatic heterocycles. The Kier molecular flexibility index (Phi) is 10.8. The van der Waals surface area contributed by atoms with Crippen molar-refractivity contribution in [3.63, 3.8) is 0 Å². The van der Waals surface area contributed by atoms with E-state index in [9.17, 15) is 23.1 Å². The predicted octanol–water partition coefficient (Wildman–Crippen LogP) is 5.06. The zero-order valence-electron chi connectivity index (χ0n) is 21.0. The highest BCUT2D eigenvalue weighted by molar-refractivity contribution is 6.32. The smallest absolute Gasteiger partial charge is 0.489 e. The number of aliphatic hydroxyl groups excluding tert-OH is 1. The topological polar surface area (TPSA) is 125 Å². The zero-order chi connectivity index (χ0) is 29.3. The van der Waals surface area contributed by atoms with E-state index in [0.717, 1.165) is 35.3 Å². The van der Waals surface area contributed by atoms with Crippen LogP contribution in [0.1, 0.15) is 22.3 Å². The third kappa shape index (κ3) is 9.15. The molecular formula is C28H27ClF3NO7. The van der Waals surface area contributed by atoms with Crippen molar-refractivity contribution in [2.45, 2.75) is 31.2 Å². The molecule has 0 aromatic heterocycles. The minimum Gasteiger partial charge on any atom is -0.489 e. The maximum Gasteiger partial charge on any atom is 0.490 e. The second-order valence-corrected chi connectivity index (χ2v) is 9.25. The lowest BCUT2D eigenvalue weighted by Crippen LogP contribution is -2.39. The van der Waals surface area contributed by atoms with E-state index in [1.54, 1.807) is 24.3 Å². The molecule has 0 spiro atoms. The van der Waals surface area contributed by atoms with Crippen molar-refractivity contribution in [2.24, 2.45) is 0 Å². The Bertz CT molecular complexity index is 1300. The number of aliphatic hydroxyl groups is 1. The summed E-state index contributed by atoms with van der Waals surface area (Å²) < 4.78 is 43.4. The Balaban J connectivity index is 0.000000559. The van der Waals surface area contributed by atoms with Gasteiger partial charge in [0.25, 0.3) is 0 Å². The van der Waals surface area contributed by atoms with E-state index in [0.29, 0.717) is 23.9 Å². The molecule has 0 bridgehead atoms. The van der Waals surface area contributed by atoms with Crippen LogP contribution in [0.3, 0.4) is 0 Å². The molecule has 4 rings (SSSR count). The fraction of sp³-hybridized carbons (Fsp3) is 0.286. The average Bonchev–Trinajstić information content (AvgIpc) is 2.92. The number of aliphatic carboxylic acids is 1. The SMILES string of the molecule is O=C(O)C(F)(F)F.O=C(O)c1ccc(-c2ccc3c(c2)CC[C@H](CNCC(O)COc2ccccc2Cl)O3)cc1. The second-order valence-electron chi connectivity index (χ2n) is 8.84. The first-order chi connectivity index (χ1) is 18.9. The van der Waals surface area contributed by atoms with Crippen LogP contribution in [-0.4, -0.2) is 65.3 Å². The van der Waals surface area contributed by atoms with E-state index >= 15 is 0 Å². The van der Waals surface area contributed by atoms with Crippen LogP contribution < -0.4 is 14.8 Å². The van der Waals surface area contributed by atoms with Crippen molar-refractivity contribution < 1.29 is 47.6 Å². The van der Waals surface area contributed by atoms with Crippen LogP contribution >= 0.6 is 11.6 Å². The van der Waals surface area contributed by atoms with Crippen LogP contribution in [0.15, 0.2) is 66.7 Å². The maximum atomic E-state index is 11.0. The molecule has 1 unspecified atom stereocenters. The summed E-state index contributed by atoms with van der Waals surface area (Å²) in [6.07, 6.45) is -3.96. The summed E-state index contributed by atoms with van der Waals surface area (Å²) in [6, 6.07) is 20.1. The monoisotopic (exact) mass is 581 g/mol. The minimum atomic E-state index is -5.08. The van der Waals surface area contributed by atoms with Crippen LogP contribution in [0.4, 0.5) is 13.2 Å². The first kappa shape index (κ1) is 30.7. The number of fused-ring (bicyclic) bond motifs is 1. The van der Waals surface area contributed by atoms with Gasteiger partial charge in [0.15, 0.2) is 0 Å². The first-order valence-corrected chi connectivity index (χ1v) is 12.5. The summed E-state index contributed by atoms with van der Waals surface area (Å²) in [5.41, 5.74) is 3.42. The van der Waals surface area contributed by atoms with Gasteiger partial charge in [0.2, 0.25) is 0 Å². The summed E-state index contributed by atoms with van der Waals surface area (Å²) in [5, 5.41) is 30.1. The average molecular weight is 582 g/mol. The van der Waals surface area contributed by atoms with Gasteiger partial charge in [-0.3, -0.25) is 0 Å². The third-order valence-corrected chi connectivity index (χ3v) is 6.13. The van der Waals surface area contributed by atoms with Crippen LogP contribution in [0, 0.1) is 0 Å². The van der Waals surface area contributed by atoms with E-state index in [2.05, 4.69) is 11.4 Å². The molecule has 0 saturated heterocycles. The highest BCUT2D eigenvalue weighted by atomic mass is 35.5. The number of halogens is 4. The number of aromatic carboxylic acids is 1. The molecule has 8 nitrogen and oxygen atoms in total. The molecule has 1 aliphatic rings. The Hall–Kier alpha value is -3.80. The molecule has 0 fully saturated rings. The Labute approximate surface area is 232 Å². The van der Waals surface area contributed by atoms with Crippen LogP contribution in [0.5, 0.6) is 11.5 Å². The lowest BCUT2D eigenvalue weighted by Gasteiger charge is -2.27. The number of carboxylic acids is 2. The fourth-order valence-electron chi connectivity index (χ4n) is 3.79. The zero-order valence-corrected chi connectivity index (χ0v) is 21.8. The number of alkyl halides is 3. The number of carboxylic acid groups (broad SMARTS) is 2. The van der Waals surface area contributed by atoms with Gasteiger partial charge < -0.3 is 30.1 Å². The number of aryl methyl sites for hydroxylation is 1. The van der Waals surface area contributed by atoms with Crippen molar-refractivity contribution in [3.05, 3.63) is 82.9 Å². The predicted molar refractivity (Wildman–Crippen MR) is 141 cm³/mol. The number of nitrogens with one attached hydrogen (secondary N) is 1. The van der Waals surface area contributed by atoms with Crippen LogP contribution in [0.2, 0.25) is 5.02 Å². The molecule has 1 heterocycles. The van der Waals surface area contributed by atoms with Gasteiger partial charge in [0, 0.05) is 13.1 Å². The fourth-order valence-corrected chi connectivity index (χ4v) is 3.98. The van der Waals surface area contributed by atoms with Gasteiger partial charge in [0.1, 0.15) is 30.3 Å². The largest absolute Gasteiger partial charge is 0.490 e. The number of hydrogen-bond donors (Lipinski definition) is 4. The molecule has 12 heteroatoms. The van der Waals surface area contributed by atoms with E-state index in [1.165, 1.54) is 0 Å². The number of carbonyl (C=O) groups is 2. The summed E-state index contributed by atoms with van der Waals surface area (Å²) in [7, 11) is 0. The maximum absolute atomic E-state index is 11.0. The lowest BCUT2D eigenvalue weighted by molar-refractivity contribution is -0.192. The highest BCUT2D eigenvalue weighted by Crippen LogP contribution is 2.32. The standard InChI is InChI=1S/C26H26ClNO5.C2HF3O2/c27-23-3-1-2-4-25(23)32-16-21(29)14-28-15-22-11-9-20-13-19(10-12-24(20)33-22)17-5-7-18(8-6-17)26(30)31;3-2(4,5)1(6)7/h1-8,10,12-13,21-22,28-29H,9,11,14-16H2,(H,30,31);(H,6,7)/t21?,22-;/m1./s1. The van der Waals surface area contributed by atoms with E-state index in [-0.39, 0.29) is 18.3 Å². The highest BCUT2D eigenvalue weighted by Gasteiger charge is 2.38. The second kappa shape index (κ2) is 14.0. The molecule has 0 radical (unpaired) electrons. The number of rotatable bonds is 9. The number of para-hydroxylation sites is 1. The summed E-state index contributed by atoms with van der Waals surface area (Å²) in [5.74, 6) is -2.27. The van der Waals surface area contributed by atoms with E-state index < -0.39 is 24.2 Å². The Morgan fingerprint density at radius 2 is 1.70 bits per heavy atom. The van der Waals surface area contributed by atoms with Gasteiger partial charge >= 0.3 is 18.1 Å². The molecule has 3 aromatic rings. The molecule has 0 aliphatic carbocycles. The Morgan fingerprint density at radius 3 is 2.33 bits per heavy atom. The third-order valence-electron chi connectivity index (χ3n) is 5.82. The van der Waals surface area contributed by atoms with Crippen LogP contribution in [-0.2, 0) is 11.2 Å². The van der Waals surface area contributed by atoms with Crippen LogP contribution in [0.25, 0.3) is 11.1 Å². The van der Waals surface area contributed by atoms with Gasteiger partial charge in [-0.15, -0.1) is 0 Å². The van der Waals surface area contributed by atoms with Gasteiger partial charge in [-0.2, -0.15) is 13.2 Å². The van der Waals surface area contributed by atoms with Crippen molar-refractivity contribution in [2.75, 3.05) is 19.7 Å². The van der Waals surface area contributed by atoms with Gasteiger partial charge in [0.05, 0.1) is 10.6 Å². The number of hydrogen-bond acceptors (Lipinski definition) is 6. The molecule has 2 atom stereocenters. The normalized spacial score (nSPS) is 15.1. The molecule has 0 amide bonds. The van der Waals surface area contributed by atoms with Gasteiger partial charge in [-0.1, -0.05) is 41.9 Å². The molecule has 0 saturated carbocycles. The van der Waals surface area contributed by atoms with Crippen molar-refractivity contribution >= 4 is 23.5 Å². The minimum absolute atomic E-state index is 0.0230. The number of benzene rings is 3. The summed E-state index contributed by atoms with van der Waals surface area (Å²) >= 11 is 6.06. The van der Waals surface area contributed by atoms with Gasteiger partial charge in [-0.25, -0.2) is 9.59 Å². The summed E-state index contributed by atoms with van der Waals surface area (Å²) in [4.78, 5) is 19.9. The molecule has 40 heavy (non-hydrogen) atoms. The van der Waals surface area contributed by atoms with Crippen molar-refractivity contribution in [1.82, 2.24) is 5.32 Å². The molecular weight excluding hydrogens is 555 g/mol. The van der Waals surface area contributed by atoms with Crippen molar-refractivity contribution in [1.29, 1.82) is 0 Å². The van der Waals surface area contributed by atoms with Gasteiger partial charge in [-0.05, 0) is 65.9 Å². The molecule has 3 aromatic carbocycles. The molecule has 4 N–H and O–H groups in total. The number of ether oxygens (including phenoxy) is 2. The first-order valence-electron chi connectivity index (χ1n) is 12.1. The van der Waals surface area contributed by atoms with E-state index in [4.69, 9.17) is 36.1 Å². The quantitative estimate of drug-likeness (QED) is 0.276. The lowest BCUT2D eigenvalue weighted by atomic mass is 9.96. The van der Waals surface area contributed by atoms with Crippen molar-refractivity contribution in [3.8, 4) is 22.6 Å². The Morgan fingerprint density at radius 1 is 1.05 bits per heavy atom. The summed E-state index contributed by atoms with van der Waals surface area (Å²) in [6.45, 7) is 1.17.